The van der Waals surface area contributed by atoms with Crippen molar-refractivity contribution in [3.05, 3.63) is 29.7 Å². The van der Waals surface area contributed by atoms with E-state index < -0.39 is 0 Å². The zero-order chi connectivity index (χ0) is 13.0. The molecule has 1 aromatic carbocycles. The lowest BCUT2D eigenvalue weighted by Gasteiger charge is -2.17. The van der Waals surface area contributed by atoms with Gasteiger partial charge in [0.1, 0.15) is 5.52 Å². The molecular formula is C16H23NO. The van der Waals surface area contributed by atoms with E-state index in [0.717, 1.165) is 11.1 Å². The number of rotatable bonds is 6. The van der Waals surface area contributed by atoms with Gasteiger partial charge in [-0.3, -0.25) is 0 Å². The fraction of sp³-hybridized carbons (Fsp3) is 0.562. The number of fused-ring (bicyclic) bond motifs is 1. The molecule has 98 valence electrons. The Morgan fingerprint density at radius 2 is 2.00 bits per heavy atom. The molecule has 0 spiro atoms. The molecule has 0 N–H and O–H groups in total. The average Bonchev–Trinajstić information content (AvgIpc) is 2.85. The van der Waals surface area contributed by atoms with Gasteiger partial charge in [0.05, 0.1) is 0 Å². The maximum absolute atomic E-state index is 5.51. The molecule has 0 radical (unpaired) electrons. The van der Waals surface area contributed by atoms with Crippen LogP contribution in [0.5, 0.6) is 0 Å². The Kier molecular flexibility index (Phi) is 4.40. The van der Waals surface area contributed by atoms with Crippen LogP contribution >= 0.6 is 0 Å². The average molecular weight is 245 g/mol. The van der Waals surface area contributed by atoms with Crippen molar-refractivity contribution in [3.8, 4) is 0 Å². The van der Waals surface area contributed by atoms with E-state index in [4.69, 9.17) is 4.42 Å². The quantitative estimate of drug-likeness (QED) is 0.698. The second-order valence-electron chi connectivity index (χ2n) is 5.13. The summed E-state index contributed by atoms with van der Waals surface area (Å²) in [6.07, 6.45) is 7.85. The molecule has 2 nitrogen and oxygen atoms in total. The van der Waals surface area contributed by atoms with Crippen molar-refractivity contribution in [1.82, 2.24) is 4.98 Å². The van der Waals surface area contributed by atoms with Crippen LogP contribution < -0.4 is 0 Å². The lowest BCUT2D eigenvalue weighted by Crippen LogP contribution is -2.00. The van der Waals surface area contributed by atoms with Crippen LogP contribution in [-0.4, -0.2) is 4.98 Å². The normalized spacial score (nSPS) is 13.1. The van der Waals surface area contributed by atoms with Gasteiger partial charge in [-0.2, -0.15) is 0 Å². The summed E-state index contributed by atoms with van der Waals surface area (Å²) in [4.78, 5) is 4.42. The molecule has 0 fully saturated rings. The standard InChI is InChI=1S/C16H23NO/c1-4-6-8-13(7-5-2)14-10-9-12(3)16-15(14)17-11-18-16/h9-11,13H,4-8H2,1-3H3. The van der Waals surface area contributed by atoms with Gasteiger partial charge in [0.25, 0.3) is 0 Å². The predicted octanol–water partition coefficient (Wildman–Crippen LogP) is 5.21. The van der Waals surface area contributed by atoms with E-state index in [-0.39, 0.29) is 0 Å². The smallest absolute Gasteiger partial charge is 0.182 e. The minimum Gasteiger partial charge on any atom is -0.443 e. The van der Waals surface area contributed by atoms with Gasteiger partial charge in [0.15, 0.2) is 12.0 Å². The minimum atomic E-state index is 0.628. The zero-order valence-electron chi connectivity index (χ0n) is 11.7. The van der Waals surface area contributed by atoms with E-state index in [1.807, 2.05) is 0 Å². The van der Waals surface area contributed by atoms with E-state index in [0.29, 0.717) is 5.92 Å². The molecule has 2 heteroatoms. The van der Waals surface area contributed by atoms with Crippen molar-refractivity contribution in [3.63, 3.8) is 0 Å². The van der Waals surface area contributed by atoms with Crippen LogP contribution in [0, 0.1) is 6.92 Å². The van der Waals surface area contributed by atoms with Crippen LogP contribution in [0.4, 0.5) is 0 Å². The van der Waals surface area contributed by atoms with E-state index in [9.17, 15) is 0 Å². The third-order valence-electron chi connectivity index (χ3n) is 3.70. The van der Waals surface area contributed by atoms with Crippen molar-refractivity contribution >= 4 is 11.1 Å². The number of benzene rings is 1. The molecule has 0 amide bonds. The zero-order valence-corrected chi connectivity index (χ0v) is 11.7. The molecule has 1 aromatic heterocycles. The second-order valence-corrected chi connectivity index (χ2v) is 5.13. The summed E-state index contributed by atoms with van der Waals surface area (Å²) in [7, 11) is 0. The lowest BCUT2D eigenvalue weighted by molar-refractivity contribution is 0.543. The van der Waals surface area contributed by atoms with Crippen molar-refractivity contribution < 1.29 is 4.42 Å². The Labute approximate surface area is 109 Å². The first-order chi connectivity index (χ1) is 8.77. The lowest BCUT2D eigenvalue weighted by atomic mass is 9.88. The predicted molar refractivity (Wildman–Crippen MR) is 75.9 cm³/mol. The maximum atomic E-state index is 5.51. The SMILES string of the molecule is CCCCC(CCC)c1ccc(C)c2ocnc12. The topological polar surface area (TPSA) is 26.0 Å². The van der Waals surface area contributed by atoms with Gasteiger partial charge in [0, 0.05) is 0 Å². The van der Waals surface area contributed by atoms with E-state index in [1.165, 1.54) is 43.2 Å². The van der Waals surface area contributed by atoms with Gasteiger partial charge in [-0.1, -0.05) is 45.2 Å². The highest BCUT2D eigenvalue weighted by atomic mass is 16.3. The van der Waals surface area contributed by atoms with Crippen molar-refractivity contribution in [2.75, 3.05) is 0 Å². The fourth-order valence-electron chi connectivity index (χ4n) is 2.68. The number of aryl methyl sites for hydroxylation is 1. The highest BCUT2D eigenvalue weighted by Crippen LogP contribution is 2.33. The monoisotopic (exact) mass is 245 g/mol. The number of unbranched alkanes of at least 4 members (excludes halogenated alkanes) is 1. The summed E-state index contributed by atoms with van der Waals surface area (Å²) < 4.78 is 5.51. The van der Waals surface area contributed by atoms with Crippen LogP contribution in [0.1, 0.15) is 63.0 Å². The second kappa shape index (κ2) is 6.03. The highest BCUT2D eigenvalue weighted by Gasteiger charge is 2.16. The van der Waals surface area contributed by atoms with Crippen LogP contribution in [0.15, 0.2) is 22.9 Å². The van der Waals surface area contributed by atoms with Gasteiger partial charge in [0.2, 0.25) is 0 Å². The van der Waals surface area contributed by atoms with Crippen molar-refractivity contribution in [2.24, 2.45) is 0 Å². The Hall–Kier alpha value is -1.31. The largest absolute Gasteiger partial charge is 0.443 e. The molecule has 0 aliphatic carbocycles. The summed E-state index contributed by atoms with van der Waals surface area (Å²) in [5.41, 5.74) is 4.59. The van der Waals surface area contributed by atoms with E-state index in [2.05, 4.69) is 37.9 Å². The van der Waals surface area contributed by atoms with Crippen LogP contribution in [-0.2, 0) is 0 Å². The van der Waals surface area contributed by atoms with Gasteiger partial charge in [-0.05, 0) is 36.8 Å². The first kappa shape index (κ1) is 13.1. The number of nitrogens with zero attached hydrogens (tertiary/aromatic N) is 1. The molecule has 1 unspecified atom stereocenters. The van der Waals surface area contributed by atoms with Crippen LogP contribution in [0.25, 0.3) is 11.1 Å². The van der Waals surface area contributed by atoms with E-state index in [1.54, 1.807) is 6.39 Å². The van der Waals surface area contributed by atoms with Gasteiger partial charge < -0.3 is 4.42 Å². The summed E-state index contributed by atoms with van der Waals surface area (Å²) in [5, 5.41) is 0. The van der Waals surface area contributed by atoms with Gasteiger partial charge >= 0.3 is 0 Å². The summed E-state index contributed by atoms with van der Waals surface area (Å²) in [6.45, 7) is 6.59. The van der Waals surface area contributed by atoms with Gasteiger partial charge in [-0.15, -0.1) is 0 Å². The third kappa shape index (κ3) is 2.58. The Balaban J connectivity index is 2.37. The van der Waals surface area contributed by atoms with Crippen molar-refractivity contribution in [2.45, 2.75) is 58.8 Å². The molecule has 18 heavy (non-hydrogen) atoms. The Bertz CT molecular complexity index is 501. The summed E-state index contributed by atoms with van der Waals surface area (Å²) >= 11 is 0. The van der Waals surface area contributed by atoms with Crippen molar-refractivity contribution in [1.29, 1.82) is 0 Å². The summed E-state index contributed by atoms with van der Waals surface area (Å²) in [5.74, 6) is 0.628. The molecule has 0 bridgehead atoms. The first-order valence-electron chi connectivity index (χ1n) is 7.10. The molecule has 1 atom stereocenters. The Morgan fingerprint density at radius 3 is 2.72 bits per heavy atom. The number of hydrogen-bond acceptors (Lipinski definition) is 2. The van der Waals surface area contributed by atoms with Crippen LogP contribution in [0.3, 0.4) is 0 Å². The molecule has 2 rings (SSSR count). The number of hydrogen-bond donors (Lipinski definition) is 0. The molecule has 1 heterocycles. The minimum absolute atomic E-state index is 0.628. The molecule has 0 saturated carbocycles. The summed E-state index contributed by atoms with van der Waals surface area (Å²) in [6, 6.07) is 4.41. The number of oxazole rings is 1. The Morgan fingerprint density at radius 1 is 1.17 bits per heavy atom. The van der Waals surface area contributed by atoms with Gasteiger partial charge in [-0.25, -0.2) is 4.98 Å². The maximum Gasteiger partial charge on any atom is 0.182 e. The molecule has 0 aliphatic heterocycles. The molecule has 0 aliphatic rings. The first-order valence-corrected chi connectivity index (χ1v) is 7.10. The third-order valence-corrected chi connectivity index (χ3v) is 3.70. The fourth-order valence-corrected chi connectivity index (χ4v) is 2.68. The molecular weight excluding hydrogens is 222 g/mol. The highest BCUT2D eigenvalue weighted by molar-refractivity contribution is 5.80. The van der Waals surface area contributed by atoms with Crippen LogP contribution in [0.2, 0.25) is 0 Å². The molecule has 0 saturated heterocycles. The van der Waals surface area contributed by atoms with E-state index >= 15 is 0 Å². The molecule has 2 aromatic rings. The number of aromatic nitrogens is 1.